The predicted octanol–water partition coefficient (Wildman–Crippen LogP) is 8.48. The van der Waals surface area contributed by atoms with Crippen LogP contribution in [0.1, 0.15) is 34.2 Å². The summed E-state index contributed by atoms with van der Waals surface area (Å²) < 4.78 is 33.6. The molecule has 1 radical (unpaired) electrons. The monoisotopic (exact) mass is 613 g/mol. The van der Waals surface area contributed by atoms with Crippen LogP contribution in [0.15, 0.2) is 152 Å². The third-order valence-electron chi connectivity index (χ3n) is 8.13. The molecular formula is C41H41O5. The summed E-state index contributed by atoms with van der Waals surface area (Å²) in [5.74, 6) is 0. The van der Waals surface area contributed by atoms with E-state index in [1.807, 2.05) is 91.0 Å². The second-order valence-corrected chi connectivity index (χ2v) is 11.5. The maximum Gasteiger partial charge on any atom is 0.131 e. The lowest BCUT2D eigenvalue weighted by Crippen LogP contribution is -2.57. The van der Waals surface area contributed by atoms with Gasteiger partial charge in [-0.05, 0) is 27.8 Å². The number of ether oxygens (including phenoxy) is 5. The van der Waals surface area contributed by atoms with Crippen molar-refractivity contribution in [3.63, 3.8) is 0 Å². The average Bonchev–Trinajstić information content (AvgIpc) is 3.13. The van der Waals surface area contributed by atoms with Crippen molar-refractivity contribution in [2.24, 2.45) is 0 Å². The summed E-state index contributed by atoms with van der Waals surface area (Å²) in [5.41, 5.74) is 5.42. The van der Waals surface area contributed by atoms with Gasteiger partial charge in [0.2, 0.25) is 0 Å². The lowest BCUT2D eigenvalue weighted by molar-refractivity contribution is -0.225. The molecule has 0 bridgehead atoms. The summed E-state index contributed by atoms with van der Waals surface area (Å²) >= 11 is 0. The van der Waals surface area contributed by atoms with Gasteiger partial charge in [0, 0.05) is 6.42 Å². The summed E-state index contributed by atoms with van der Waals surface area (Å²) in [4.78, 5) is 0. The fourth-order valence-electron chi connectivity index (χ4n) is 5.69. The van der Waals surface area contributed by atoms with Crippen molar-refractivity contribution < 1.29 is 23.7 Å². The Hall–Kier alpha value is -4.10. The first-order valence-electron chi connectivity index (χ1n) is 16.0. The molecule has 5 nitrogen and oxygen atoms in total. The Labute approximate surface area is 272 Å². The molecule has 4 atom stereocenters. The predicted molar refractivity (Wildman–Crippen MR) is 179 cm³/mol. The van der Waals surface area contributed by atoms with E-state index in [-0.39, 0.29) is 6.10 Å². The van der Waals surface area contributed by atoms with Crippen molar-refractivity contribution in [3.8, 4) is 0 Å². The number of benzene rings is 5. The normalized spacial score (nSPS) is 20.0. The number of rotatable bonds is 15. The molecule has 6 rings (SSSR count). The fourth-order valence-corrected chi connectivity index (χ4v) is 5.69. The van der Waals surface area contributed by atoms with Gasteiger partial charge < -0.3 is 23.7 Å². The second kappa shape index (κ2) is 17.0. The van der Waals surface area contributed by atoms with Crippen LogP contribution >= 0.6 is 0 Å². The van der Waals surface area contributed by atoms with E-state index in [2.05, 4.69) is 60.7 Å². The van der Waals surface area contributed by atoms with Gasteiger partial charge in [0.15, 0.2) is 0 Å². The van der Waals surface area contributed by atoms with Crippen LogP contribution in [-0.4, -0.2) is 24.4 Å². The molecule has 46 heavy (non-hydrogen) atoms. The smallest absolute Gasteiger partial charge is 0.131 e. The van der Waals surface area contributed by atoms with Crippen LogP contribution in [0.2, 0.25) is 0 Å². The van der Waals surface area contributed by atoms with Crippen LogP contribution in [0, 0.1) is 6.10 Å². The highest BCUT2D eigenvalue weighted by molar-refractivity contribution is 5.19. The van der Waals surface area contributed by atoms with Gasteiger partial charge in [-0.1, -0.05) is 152 Å². The van der Waals surface area contributed by atoms with Gasteiger partial charge in [0.25, 0.3) is 0 Å². The Kier molecular flexibility index (Phi) is 11.8. The first kappa shape index (κ1) is 31.9. The van der Waals surface area contributed by atoms with Gasteiger partial charge in [0.1, 0.15) is 24.4 Å². The van der Waals surface area contributed by atoms with Gasteiger partial charge in [-0.15, -0.1) is 0 Å². The van der Waals surface area contributed by atoms with Crippen LogP contribution in [0.5, 0.6) is 0 Å². The molecule has 5 aromatic carbocycles. The number of hydrogen-bond donors (Lipinski definition) is 0. The Bertz CT molecular complexity index is 1440. The van der Waals surface area contributed by atoms with Crippen molar-refractivity contribution in [1.82, 2.24) is 0 Å². The van der Waals surface area contributed by atoms with E-state index < -0.39 is 18.3 Å². The van der Waals surface area contributed by atoms with E-state index in [1.54, 1.807) is 0 Å². The van der Waals surface area contributed by atoms with Gasteiger partial charge in [-0.3, -0.25) is 0 Å². The zero-order valence-electron chi connectivity index (χ0n) is 26.0. The second-order valence-electron chi connectivity index (χ2n) is 11.5. The van der Waals surface area contributed by atoms with Crippen molar-refractivity contribution in [1.29, 1.82) is 0 Å². The molecule has 0 saturated heterocycles. The molecule has 1 aliphatic rings. The third kappa shape index (κ3) is 9.23. The molecule has 235 valence electrons. The van der Waals surface area contributed by atoms with Gasteiger partial charge in [-0.2, -0.15) is 0 Å². The van der Waals surface area contributed by atoms with Crippen LogP contribution in [0.25, 0.3) is 0 Å². The summed E-state index contributed by atoms with van der Waals surface area (Å²) in [6, 6.07) is 51.1. The molecule has 5 heteroatoms. The van der Waals surface area contributed by atoms with Crippen molar-refractivity contribution in [3.05, 3.63) is 186 Å². The molecule has 0 N–H and O–H groups in total. The van der Waals surface area contributed by atoms with Crippen molar-refractivity contribution in [2.75, 3.05) is 0 Å². The van der Waals surface area contributed by atoms with E-state index in [9.17, 15) is 0 Å². The maximum atomic E-state index is 6.80. The van der Waals surface area contributed by atoms with E-state index >= 15 is 0 Å². The summed E-state index contributed by atoms with van der Waals surface area (Å²) in [6.45, 7) is 2.11. The number of hydrogen-bond acceptors (Lipinski definition) is 5. The van der Waals surface area contributed by atoms with E-state index in [0.29, 0.717) is 39.5 Å². The van der Waals surface area contributed by atoms with Crippen LogP contribution in [-0.2, 0) is 56.7 Å². The zero-order valence-corrected chi connectivity index (χ0v) is 26.0. The lowest BCUT2D eigenvalue weighted by atomic mass is 9.86. The molecule has 0 amide bonds. The minimum atomic E-state index is -0.493. The minimum absolute atomic E-state index is 0.327. The molecule has 5 aromatic rings. The summed E-state index contributed by atoms with van der Waals surface area (Å²) in [6.07, 6.45) is -0.401. The summed E-state index contributed by atoms with van der Waals surface area (Å²) in [5, 5.41) is 0. The third-order valence-corrected chi connectivity index (χ3v) is 8.13. The summed E-state index contributed by atoms with van der Waals surface area (Å²) in [7, 11) is 0. The van der Waals surface area contributed by atoms with Crippen LogP contribution in [0.3, 0.4) is 0 Å². The van der Waals surface area contributed by atoms with Crippen LogP contribution < -0.4 is 0 Å². The topological polar surface area (TPSA) is 46.2 Å². The van der Waals surface area contributed by atoms with E-state index in [0.717, 1.165) is 33.9 Å². The highest BCUT2D eigenvalue weighted by atomic mass is 16.6. The van der Waals surface area contributed by atoms with Crippen molar-refractivity contribution in [2.45, 2.75) is 63.9 Å². The molecule has 0 aromatic heterocycles. The Morgan fingerprint density at radius 3 is 1.15 bits per heavy atom. The Morgan fingerprint density at radius 1 is 0.370 bits per heavy atom. The highest BCUT2D eigenvalue weighted by Crippen LogP contribution is 2.38. The lowest BCUT2D eigenvalue weighted by Gasteiger charge is -2.45. The average molecular weight is 614 g/mol. The molecule has 1 saturated carbocycles. The highest BCUT2D eigenvalue weighted by Gasteiger charge is 2.49. The van der Waals surface area contributed by atoms with Gasteiger partial charge in [0.05, 0.1) is 39.1 Å². The Morgan fingerprint density at radius 2 is 0.717 bits per heavy atom. The van der Waals surface area contributed by atoms with Gasteiger partial charge >= 0.3 is 0 Å². The fraction of sp³-hybridized carbons (Fsp3) is 0.244. The van der Waals surface area contributed by atoms with Gasteiger partial charge in [-0.25, -0.2) is 0 Å². The minimum Gasteiger partial charge on any atom is -0.371 e. The van der Waals surface area contributed by atoms with Crippen molar-refractivity contribution >= 4 is 0 Å². The molecule has 0 spiro atoms. The maximum absolute atomic E-state index is 6.80. The standard InChI is InChI=1S/C41H41O5/c1-6-16-32(17-7-1)27-42-37-26-38(43-28-33-18-8-2-9-19-33)40(45-30-35-22-12-4-13-23-35)41(46-31-36-24-14-5-15-25-36)39(37)44-29-34-20-10-3-11-21-34/h1-25,37,39-41H,26-31H2. The largest absolute Gasteiger partial charge is 0.371 e. The quantitative estimate of drug-likeness (QED) is 0.119. The first-order chi connectivity index (χ1) is 22.8. The molecule has 4 unspecified atom stereocenters. The van der Waals surface area contributed by atoms with E-state index in [1.165, 1.54) is 0 Å². The zero-order chi connectivity index (χ0) is 31.2. The SMILES string of the molecule is c1ccc(CO[C]2CC(OCc3ccccc3)C(OCc3ccccc3)C(OCc3ccccc3)C2OCc2ccccc2)cc1. The molecule has 1 aliphatic carbocycles. The molecule has 0 heterocycles. The van der Waals surface area contributed by atoms with Crippen LogP contribution in [0.4, 0.5) is 0 Å². The molecule has 0 aliphatic heterocycles. The van der Waals surface area contributed by atoms with E-state index in [4.69, 9.17) is 23.7 Å². The Balaban J connectivity index is 1.31. The first-order valence-corrected chi connectivity index (χ1v) is 16.0. The molecule has 1 fully saturated rings. The molecular weight excluding hydrogens is 572 g/mol.